The van der Waals surface area contributed by atoms with E-state index in [9.17, 15) is 13.6 Å². The van der Waals surface area contributed by atoms with Gasteiger partial charge in [-0.3, -0.25) is 4.79 Å². The Hall–Kier alpha value is -1.37. The van der Waals surface area contributed by atoms with E-state index >= 15 is 0 Å². The van der Waals surface area contributed by atoms with Crippen molar-refractivity contribution in [2.45, 2.75) is 32.7 Å². The number of Topliss-reactive ketones (excluding diaryl/α,β-unsaturated/α-hetero) is 1. The van der Waals surface area contributed by atoms with Gasteiger partial charge >= 0.3 is 0 Å². The van der Waals surface area contributed by atoms with Crippen LogP contribution in [0.3, 0.4) is 0 Å². The Morgan fingerprint density at radius 2 is 2.35 bits per heavy atom. The molecular weight excluding hydrogens is 232 g/mol. The van der Waals surface area contributed by atoms with Gasteiger partial charge in [-0.2, -0.15) is 0 Å². The number of halogens is 2. The van der Waals surface area contributed by atoms with Crippen molar-refractivity contribution in [3.8, 4) is 0 Å². The number of hydrogen-bond donors (Lipinski definition) is 0. The van der Waals surface area contributed by atoms with Crippen molar-refractivity contribution in [1.82, 2.24) is 15.0 Å². The fourth-order valence-electron chi connectivity index (χ4n) is 1.32. The third-order valence-corrected chi connectivity index (χ3v) is 2.06. The lowest BCUT2D eigenvalue weighted by molar-refractivity contribution is 0.0169. The molecule has 1 rings (SSSR count). The van der Waals surface area contributed by atoms with Crippen LogP contribution in [0, 0.1) is 0 Å². The lowest BCUT2D eigenvalue weighted by Gasteiger charge is -2.04. The molecule has 0 aliphatic carbocycles. The van der Waals surface area contributed by atoms with Gasteiger partial charge in [0.1, 0.15) is 12.3 Å². The summed E-state index contributed by atoms with van der Waals surface area (Å²) in [5.74, 6) is -0.197. The van der Waals surface area contributed by atoms with Crippen LogP contribution in [0.4, 0.5) is 8.78 Å². The average Bonchev–Trinajstić information content (AvgIpc) is 2.72. The standard InChI is InChI=1S/C10H15F2N3O2/c1-2-4-15-8(6-13-14-15)9(16)3-5-17-7-10(11)12/h6,10H,2-5,7H2,1H3. The van der Waals surface area contributed by atoms with E-state index in [-0.39, 0.29) is 18.8 Å². The third-order valence-electron chi connectivity index (χ3n) is 2.06. The van der Waals surface area contributed by atoms with E-state index in [2.05, 4.69) is 15.0 Å². The number of carbonyl (C=O) groups is 1. The van der Waals surface area contributed by atoms with Crippen LogP contribution < -0.4 is 0 Å². The number of aryl methyl sites for hydroxylation is 1. The zero-order chi connectivity index (χ0) is 12.7. The Bertz CT molecular complexity index is 355. The molecule has 96 valence electrons. The van der Waals surface area contributed by atoms with Crippen molar-refractivity contribution in [2.75, 3.05) is 13.2 Å². The highest BCUT2D eigenvalue weighted by Gasteiger charge is 2.12. The van der Waals surface area contributed by atoms with Crippen LogP contribution >= 0.6 is 0 Å². The quantitative estimate of drug-likeness (QED) is 0.516. The fraction of sp³-hybridized carbons (Fsp3) is 0.700. The Kier molecular flexibility index (Phi) is 5.68. The molecule has 0 radical (unpaired) electrons. The van der Waals surface area contributed by atoms with Crippen molar-refractivity contribution < 1.29 is 18.3 Å². The first-order valence-electron chi connectivity index (χ1n) is 5.42. The molecule has 0 bridgehead atoms. The molecule has 0 saturated carbocycles. The normalized spacial score (nSPS) is 11.1. The van der Waals surface area contributed by atoms with E-state index in [1.54, 1.807) is 0 Å². The first kappa shape index (κ1) is 13.7. The van der Waals surface area contributed by atoms with Gasteiger partial charge in [0.05, 0.1) is 12.8 Å². The monoisotopic (exact) mass is 247 g/mol. The number of hydrogen-bond acceptors (Lipinski definition) is 4. The van der Waals surface area contributed by atoms with Crippen LogP contribution in [-0.2, 0) is 11.3 Å². The summed E-state index contributed by atoms with van der Waals surface area (Å²) in [7, 11) is 0. The minimum absolute atomic E-state index is 0.0134. The first-order valence-corrected chi connectivity index (χ1v) is 5.42. The fourth-order valence-corrected chi connectivity index (χ4v) is 1.32. The summed E-state index contributed by atoms with van der Waals surface area (Å²) in [5.41, 5.74) is 0.396. The van der Waals surface area contributed by atoms with E-state index in [0.717, 1.165) is 6.42 Å². The molecule has 0 atom stereocenters. The van der Waals surface area contributed by atoms with Crippen LogP contribution in [0.15, 0.2) is 6.20 Å². The molecule has 0 N–H and O–H groups in total. The maximum absolute atomic E-state index is 11.8. The van der Waals surface area contributed by atoms with E-state index in [1.165, 1.54) is 10.9 Å². The predicted molar refractivity (Wildman–Crippen MR) is 56.1 cm³/mol. The molecule has 1 aromatic rings. The average molecular weight is 247 g/mol. The van der Waals surface area contributed by atoms with Crippen molar-refractivity contribution in [2.24, 2.45) is 0 Å². The molecule has 0 amide bonds. The molecule has 0 fully saturated rings. The number of nitrogens with zero attached hydrogens (tertiary/aromatic N) is 3. The highest BCUT2D eigenvalue weighted by atomic mass is 19.3. The van der Waals surface area contributed by atoms with E-state index in [4.69, 9.17) is 0 Å². The van der Waals surface area contributed by atoms with Gasteiger partial charge in [0, 0.05) is 13.0 Å². The maximum atomic E-state index is 11.8. The molecule has 0 aliphatic heterocycles. The molecule has 0 spiro atoms. The molecular formula is C10H15F2N3O2. The van der Waals surface area contributed by atoms with Crippen molar-refractivity contribution in [1.29, 1.82) is 0 Å². The number of aromatic nitrogens is 3. The molecule has 17 heavy (non-hydrogen) atoms. The summed E-state index contributed by atoms with van der Waals surface area (Å²) in [6.45, 7) is 1.92. The van der Waals surface area contributed by atoms with Gasteiger partial charge in [0.25, 0.3) is 6.43 Å². The lowest BCUT2D eigenvalue weighted by atomic mass is 10.2. The Morgan fingerprint density at radius 1 is 1.59 bits per heavy atom. The van der Waals surface area contributed by atoms with E-state index < -0.39 is 13.0 Å². The Morgan fingerprint density at radius 3 is 3.00 bits per heavy atom. The molecule has 0 aromatic carbocycles. The van der Waals surface area contributed by atoms with Crippen molar-refractivity contribution in [3.63, 3.8) is 0 Å². The second-order valence-electron chi connectivity index (χ2n) is 3.48. The van der Waals surface area contributed by atoms with Crippen LogP contribution in [-0.4, -0.2) is 40.4 Å². The third kappa shape index (κ3) is 4.56. The Balaban J connectivity index is 2.38. The summed E-state index contributed by atoms with van der Waals surface area (Å²) >= 11 is 0. The topological polar surface area (TPSA) is 57.0 Å². The summed E-state index contributed by atoms with van der Waals surface area (Å²) < 4.78 is 29.7. The van der Waals surface area contributed by atoms with E-state index in [1.807, 2.05) is 6.92 Å². The molecule has 1 heterocycles. The zero-order valence-corrected chi connectivity index (χ0v) is 9.60. The minimum Gasteiger partial charge on any atom is -0.375 e. The highest BCUT2D eigenvalue weighted by Crippen LogP contribution is 2.03. The second-order valence-corrected chi connectivity index (χ2v) is 3.48. The van der Waals surface area contributed by atoms with E-state index in [0.29, 0.717) is 12.2 Å². The molecule has 5 nitrogen and oxygen atoms in total. The van der Waals surface area contributed by atoms with Gasteiger partial charge in [0.2, 0.25) is 0 Å². The summed E-state index contributed by atoms with van der Waals surface area (Å²) in [4.78, 5) is 11.7. The lowest BCUT2D eigenvalue weighted by Crippen LogP contribution is -2.14. The van der Waals surface area contributed by atoms with Gasteiger partial charge in [0.15, 0.2) is 5.78 Å². The second kappa shape index (κ2) is 7.05. The number of ketones is 1. The van der Waals surface area contributed by atoms with Gasteiger partial charge in [-0.15, -0.1) is 5.10 Å². The summed E-state index contributed by atoms with van der Waals surface area (Å²) in [6, 6.07) is 0. The molecule has 1 aromatic heterocycles. The minimum atomic E-state index is -2.50. The molecule has 0 saturated heterocycles. The van der Waals surface area contributed by atoms with Gasteiger partial charge in [-0.25, -0.2) is 13.5 Å². The van der Waals surface area contributed by atoms with Gasteiger partial charge < -0.3 is 4.74 Å². The largest absolute Gasteiger partial charge is 0.375 e. The van der Waals surface area contributed by atoms with Crippen molar-refractivity contribution in [3.05, 3.63) is 11.9 Å². The summed E-state index contributed by atoms with van der Waals surface area (Å²) in [6.07, 6.45) is -0.224. The molecule has 7 heteroatoms. The molecule has 0 unspecified atom stereocenters. The maximum Gasteiger partial charge on any atom is 0.261 e. The SMILES string of the molecule is CCCn1nncc1C(=O)CCOCC(F)F. The highest BCUT2D eigenvalue weighted by molar-refractivity contribution is 5.94. The number of rotatable bonds is 8. The predicted octanol–water partition coefficient (Wildman–Crippen LogP) is 1.54. The zero-order valence-electron chi connectivity index (χ0n) is 9.60. The number of alkyl halides is 2. The smallest absolute Gasteiger partial charge is 0.261 e. The van der Waals surface area contributed by atoms with Crippen LogP contribution in [0.1, 0.15) is 30.3 Å². The van der Waals surface area contributed by atoms with Crippen LogP contribution in [0.25, 0.3) is 0 Å². The summed E-state index contributed by atoms with van der Waals surface area (Å²) in [5, 5.41) is 7.42. The molecule has 0 aliphatic rings. The van der Waals surface area contributed by atoms with Crippen LogP contribution in [0.2, 0.25) is 0 Å². The first-order chi connectivity index (χ1) is 8.15. The van der Waals surface area contributed by atoms with Gasteiger partial charge in [-0.1, -0.05) is 12.1 Å². The Labute approximate surface area is 97.8 Å². The van der Waals surface area contributed by atoms with Gasteiger partial charge in [-0.05, 0) is 6.42 Å². The number of ether oxygens (including phenoxy) is 1. The van der Waals surface area contributed by atoms with Crippen molar-refractivity contribution >= 4 is 5.78 Å². The number of carbonyl (C=O) groups excluding carboxylic acids is 1. The van der Waals surface area contributed by atoms with Crippen LogP contribution in [0.5, 0.6) is 0 Å².